The van der Waals surface area contributed by atoms with Gasteiger partial charge in [-0.15, -0.1) is 0 Å². The average Bonchev–Trinajstić information content (AvgIpc) is 2.92. The Bertz CT molecular complexity index is 655. The van der Waals surface area contributed by atoms with Crippen LogP contribution in [0, 0.1) is 11.8 Å². The Kier molecular flexibility index (Phi) is 3.68. The van der Waals surface area contributed by atoms with Crippen molar-refractivity contribution >= 4 is 29.1 Å². The zero-order chi connectivity index (χ0) is 15.0. The maximum Gasteiger partial charge on any atom is 0.263 e. The zero-order valence-electron chi connectivity index (χ0n) is 11.1. The normalized spacial score (nSPS) is 24.0. The minimum atomic E-state index is -0.543. The average molecular weight is 305 g/mol. The Balaban J connectivity index is 2.07. The molecule has 3 rings (SSSR count). The highest BCUT2D eigenvalue weighted by Gasteiger charge is 2.47. The Hall–Kier alpha value is -1.87. The first-order valence-corrected chi connectivity index (χ1v) is 7.01. The van der Waals surface area contributed by atoms with E-state index in [2.05, 4.69) is 11.8 Å². The van der Waals surface area contributed by atoms with Crippen LogP contribution in [-0.2, 0) is 14.3 Å². The van der Waals surface area contributed by atoms with Gasteiger partial charge in [0.05, 0.1) is 17.8 Å². The van der Waals surface area contributed by atoms with Crippen LogP contribution in [0.5, 0.6) is 0 Å². The van der Waals surface area contributed by atoms with Crippen LogP contribution < -0.4 is 10.6 Å². The lowest BCUT2D eigenvalue weighted by Gasteiger charge is -2.30. The predicted octanol–water partition coefficient (Wildman–Crippen LogP) is 1.07. The van der Waals surface area contributed by atoms with Crippen molar-refractivity contribution in [2.24, 2.45) is 5.73 Å². The second-order valence-electron chi connectivity index (χ2n) is 4.87. The first kappa shape index (κ1) is 14.1. The van der Waals surface area contributed by atoms with Crippen molar-refractivity contribution in [2.75, 3.05) is 11.4 Å². The Labute approximate surface area is 127 Å². The number of carbonyl (C=O) groups excluding carboxylic acids is 2. The molecule has 2 amide bonds. The van der Waals surface area contributed by atoms with Gasteiger partial charge in [0.1, 0.15) is 12.2 Å². The molecule has 2 atom stereocenters. The highest BCUT2D eigenvalue weighted by molar-refractivity contribution is 6.31. The molecule has 2 saturated heterocycles. The molecule has 0 aliphatic carbocycles. The number of rotatable bonds is 1. The minimum Gasteiger partial charge on any atom is -0.355 e. The highest BCUT2D eigenvalue weighted by Crippen LogP contribution is 2.33. The summed E-state index contributed by atoms with van der Waals surface area (Å²) in [5.74, 6) is 4.89. The molecule has 0 saturated carbocycles. The number of hydrogen-bond donors (Lipinski definition) is 1. The number of amides is 2. The van der Waals surface area contributed by atoms with Gasteiger partial charge in [0, 0.05) is 5.02 Å². The Morgan fingerprint density at radius 2 is 1.95 bits per heavy atom. The number of nitrogens with two attached hydrogens (primary N) is 1. The molecule has 1 aromatic carbocycles. The number of benzene rings is 1. The third kappa shape index (κ3) is 2.42. The molecule has 0 radical (unpaired) electrons. The lowest BCUT2D eigenvalue weighted by atomic mass is 10.1. The molecule has 0 spiro atoms. The summed E-state index contributed by atoms with van der Waals surface area (Å²) in [6.45, 7) is 0.183. The summed E-state index contributed by atoms with van der Waals surface area (Å²) < 4.78 is 5.40. The van der Waals surface area contributed by atoms with E-state index >= 15 is 0 Å². The second kappa shape index (κ2) is 5.49. The van der Waals surface area contributed by atoms with Gasteiger partial charge in [0.15, 0.2) is 0 Å². The van der Waals surface area contributed by atoms with Gasteiger partial charge in [-0.25, -0.2) is 4.90 Å². The summed E-state index contributed by atoms with van der Waals surface area (Å²) in [7, 11) is 0. The van der Waals surface area contributed by atoms with Crippen molar-refractivity contribution in [3.8, 4) is 11.8 Å². The van der Waals surface area contributed by atoms with E-state index in [4.69, 9.17) is 22.1 Å². The fraction of sp³-hybridized carbons (Fsp3) is 0.333. The molecule has 5 nitrogen and oxygen atoms in total. The SMILES string of the molecule is NCC#Cc1cc(Cl)ccc1N1C(=O)C2CCC(O2)C1=O. The molecule has 2 unspecified atom stereocenters. The van der Waals surface area contributed by atoms with Crippen LogP contribution in [0.1, 0.15) is 18.4 Å². The van der Waals surface area contributed by atoms with E-state index in [0.29, 0.717) is 29.1 Å². The van der Waals surface area contributed by atoms with Gasteiger partial charge in [0.2, 0.25) is 0 Å². The lowest BCUT2D eigenvalue weighted by molar-refractivity contribution is -0.146. The van der Waals surface area contributed by atoms with Crippen LogP contribution in [0.4, 0.5) is 5.69 Å². The standard InChI is InChI=1S/C15H13ClN2O3/c16-10-3-4-11(9(8-10)2-1-7-17)18-14(19)12-5-6-13(21-12)15(18)20/h3-4,8,12-13H,5-7,17H2. The van der Waals surface area contributed by atoms with Gasteiger partial charge in [-0.3, -0.25) is 9.59 Å². The molecule has 6 heteroatoms. The van der Waals surface area contributed by atoms with Gasteiger partial charge in [-0.05, 0) is 31.0 Å². The van der Waals surface area contributed by atoms with Crippen molar-refractivity contribution < 1.29 is 14.3 Å². The topological polar surface area (TPSA) is 72.6 Å². The van der Waals surface area contributed by atoms with Crippen molar-refractivity contribution in [3.05, 3.63) is 28.8 Å². The number of nitrogens with zero attached hydrogens (tertiary/aromatic N) is 1. The maximum absolute atomic E-state index is 12.4. The minimum absolute atomic E-state index is 0.183. The van der Waals surface area contributed by atoms with Crippen molar-refractivity contribution in [1.82, 2.24) is 0 Å². The van der Waals surface area contributed by atoms with E-state index in [1.54, 1.807) is 18.2 Å². The first-order valence-electron chi connectivity index (χ1n) is 6.63. The molecule has 21 heavy (non-hydrogen) atoms. The molecule has 2 fully saturated rings. The van der Waals surface area contributed by atoms with E-state index in [1.165, 1.54) is 4.90 Å². The second-order valence-corrected chi connectivity index (χ2v) is 5.31. The smallest absolute Gasteiger partial charge is 0.263 e. The van der Waals surface area contributed by atoms with Gasteiger partial charge < -0.3 is 10.5 Å². The molecule has 2 aliphatic rings. The van der Waals surface area contributed by atoms with Crippen LogP contribution in [0.25, 0.3) is 0 Å². The van der Waals surface area contributed by atoms with E-state index in [-0.39, 0.29) is 18.4 Å². The summed E-state index contributed by atoms with van der Waals surface area (Å²) in [6, 6.07) is 4.88. The first-order chi connectivity index (χ1) is 10.1. The third-order valence-electron chi connectivity index (χ3n) is 3.54. The third-order valence-corrected chi connectivity index (χ3v) is 3.77. The summed E-state index contributed by atoms with van der Waals surface area (Å²) in [4.78, 5) is 25.9. The van der Waals surface area contributed by atoms with Crippen LogP contribution in [-0.4, -0.2) is 30.6 Å². The molecular formula is C15H13ClN2O3. The summed E-state index contributed by atoms with van der Waals surface area (Å²) in [6.07, 6.45) is 0.0594. The largest absolute Gasteiger partial charge is 0.355 e. The molecule has 2 aliphatic heterocycles. The van der Waals surface area contributed by atoms with Crippen LogP contribution in [0.2, 0.25) is 5.02 Å². The molecule has 2 N–H and O–H groups in total. The van der Waals surface area contributed by atoms with Gasteiger partial charge in [-0.2, -0.15) is 0 Å². The number of imide groups is 1. The quantitative estimate of drug-likeness (QED) is 0.622. The number of hydrogen-bond acceptors (Lipinski definition) is 4. The monoisotopic (exact) mass is 304 g/mol. The highest BCUT2D eigenvalue weighted by atomic mass is 35.5. The lowest BCUT2D eigenvalue weighted by Crippen LogP contribution is -2.52. The fourth-order valence-corrected chi connectivity index (χ4v) is 2.76. The maximum atomic E-state index is 12.4. The zero-order valence-corrected chi connectivity index (χ0v) is 11.9. The summed E-state index contributed by atoms with van der Waals surface area (Å²) in [5.41, 5.74) is 6.33. The van der Waals surface area contributed by atoms with Crippen molar-refractivity contribution in [2.45, 2.75) is 25.0 Å². The van der Waals surface area contributed by atoms with Crippen LogP contribution in [0.15, 0.2) is 18.2 Å². The van der Waals surface area contributed by atoms with E-state index < -0.39 is 12.2 Å². The van der Waals surface area contributed by atoms with E-state index in [0.717, 1.165) is 0 Å². The van der Waals surface area contributed by atoms with Gasteiger partial charge >= 0.3 is 0 Å². The molecule has 0 aromatic heterocycles. The van der Waals surface area contributed by atoms with Crippen molar-refractivity contribution in [1.29, 1.82) is 0 Å². The number of morpholine rings is 1. The van der Waals surface area contributed by atoms with Crippen LogP contribution in [0.3, 0.4) is 0 Å². The molecule has 2 bridgehead atoms. The number of anilines is 1. The van der Waals surface area contributed by atoms with E-state index in [9.17, 15) is 9.59 Å². The van der Waals surface area contributed by atoms with Crippen LogP contribution >= 0.6 is 11.6 Å². The van der Waals surface area contributed by atoms with Crippen molar-refractivity contribution in [3.63, 3.8) is 0 Å². The summed E-state index contributed by atoms with van der Waals surface area (Å²) >= 11 is 5.97. The predicted molar refractivity (Wildman–Crippen MR) is 77.8 cm³/mol. The molecular weight excluding hydrogens is 292 g/mol. The molecule has 2 heterocycles. The van der Waals surface area contributed by atoms with Gasteiger partial charge in [-0.1, -0.05) is 23.4 Å². The summed E-state index contributed by atoms with van der Waals surface area (Å²) in [5, 5.41) is 0.483. The molecule has 1 aromatic rings. The number of halogens is 1. The fourth-order valence-electron chi connectivity index (χ4n) is 2.58. The number of carbonyl (C=O) groups is 2. The Morgan fingerprint density at radius 1 is 1.29 bits per heavy atom. The van der Waals surface area contributed by atoms with Gasteiger partial charge in [0.25, 0.3) is 11.8 Å². The Morgan fingerprint density at radius 3 is 2.57 bits per heavy atom. The molecule has 108 valence electrons. The number of ether oxygens (including phenoxy) is 1. The van der Waals surface area contributed by atoms with E-state index in [1.807, 2.05) is 0 Å². The number of fused-ring (bicyclic) bond motifs is 2.